The van der Waals surface area contributed by atoms with E-state index in [1.165, 1.54) is 0 Å². The molecule has 0 radical (unpaired) electrons. The molecule has 4 nitrogen and oxygen atoms in total. The predicted octanol–water partition coefficient (Wildman–Crippen LogP) is 2.73. The number of benzene rings is 2. The molecule has 1 heterocycles. The van der Waals surface area contributed by atoms with Crippen molar-refractivity contribution in [3.8, 4) is 0 Å². The summed E-state index contributed by atoms with van der Waals surface area (Å²) < 4.78 is 0. The number of amides is 1. The molecule has 0 spiro atoms. The van der Waals surface area contributed by atoms with Crippen molar-refractivity contribution < 1.29 is 9.90 Å². The Morgan fingerprint density at radius 2 is 2.09 bits per heavy atom. The van der Waals surface area contributed by atoms with Crippen molar-refractivity contribution in [3.05, 3.63) is 71.4 Å². The molecule has 1 aliphatic carbocycles. The average Bonchev–Trinajstić information content (AvgIpc) is 3.18. The molecule has 0 saturated heterocycles. The molecule has 116 valence electrons. The summed E-state index contributed by atoms with van der Waals surface area (Å²) in [6.45, 7) is 0.228. The lowest BCUT2D eigenvalue weighted by Gasteiger charge is -2.24. The number of rotatable bonds is 3. The highest BCUT2D eigenvalue weighted by Crippen LogP contribution is 2.36. The fraction of sp³-hybridized carbons (Fsp3) is 0.211. The number of hydrogen-bond acceptors (Lipinski definition) is 2. The van der Waals surface area contributed by atoms with Crippen molar-refractivity contribution in [2.75, 3.05) is 6.54 Å². The van der Waals surface area contributed by atoms with Crippen LogP contribution in [0.3, 0.4) is 0 Å². The zero-order valence-corrected chi connectivity index (χ0v) is 12.7. The van der Waals surface area contributed by atoms with Gasteiger partial charge in [-0.15, -0.1) is 0 Å². The van der Waals surface area contributed by atoms with Gasteiger partial charge in [-0.3, -0.25) is 4.79 Å². The average molecular weight is 306 g/mol. The van der Waals surface area contributed by atoms with Gasteiger partial charge in [0, 0.05) is 17.3 Å². The number of aryl methyl sites for hydroxylation is 1. The molecule has 0 saturated carbocycles. The Labute approximate surface area is 134 Å². The van der Waals surface area contributed by atoms with Gasteiger partial charge >= 0.3 is 0 Å². The summed E-state index contributed by atoms with van der Waals surface area (Å²) in [6.07, 6.45) is 3.34. The number of carbonyl (C=O) groups excluding carboxylic acids is 1. The van der Waals surface area contributed by atoms with Crippen LogP contribution in [0.25, 0.3) is 10.9 Å². The van der Waals surface area contributed by atoms with Crippen molar-refractivity contribution in [3.63, 3.8) is 0 Å². The number of fused-ring (bicyclic) bond motifs is 2. The minimum absolute atomic E-state index is 0.167. The molecule has 23 heavy (non-hydrogen) atoms. The van der Waals surface area contributed by atoms with E-state index in [2.05, 4.69) is 10.3 Å². The summed E-state index contributed by atoms with van der Waals surface area (Å²) in [5.41, 5.74) is 2.65. The van der Waals surface area contributed by atoms with Crippen LogP contribution < -0.4 is 5.32 Å². The molecule has 1 aliphatic rings. The van der Waals surface area contributed by atoms with E-state index < -0.39 is 5.60 Å². The summed E-state index contributed by atoms with van der Waals surface area (Å²) in [7, 11) is 0. The first-order valence-electron chi connectivity index (χ1n) is 7.82. The van der Waals surface area contributed by atoms with E-state index in [4.69, 9.17) is 0 Å². The van der Waals surface area contributed by atoms with Crippen molar-refractivity contribution >= 4 is 16.8 Å². The van der Waals surface area contributed by atoms with Crippen LogP contribution in [-0.4, -0.2) is 22.5 Å². The van der Waals surface area contributed by atoms with Crippen LogP contribution in [0.4, 0.5) is 0 Å². The third kappa shape index (κ3) is 2.41. The second-order valence-electron chi connectivity index (χ2n) is 6.15. The summed E-state index contributed by atoms with van der Waals surface area (Å²) in [4.78, 5) is 15.5. The highest BCUT2D eigenvalue weighted by atomic mass is 16.3. The van der Waals surface area contributed by atoms with E-state index in [9.17, 15) is 9.90 Å². The highest BCUT2D eigenvalue weighted by Gasteiger charge is 2.36. The molecule has 1 amide bonds. The number of H-pyrrole nitrogens is 1. The van der Waals surface area contributed by atoms with E-state index in [-0.39, 0.29) is 12.5 Å². The third-order valence-corrected chi connectivity index (χ3v) is 4.69. The molecule has 1 atom stereocenters. The number of hydrogen-bond donors (Lipinski definition) is 3. The Hall–Kier alpha value is -2.59. The number of aliphatic hydroxyl groups is 1. The quantitative estimate of drug-likeness (QED) is 0.696. The van der Waals surface area contributed by atoms with Gasteiger partial charge in [0.25, 0.3) is 5.91 Å². The van der Waals surface area contributed by atoms with Crippen molar-refractivity contribution in [1.82, 2.24) is 10.3 Å². The van der Waals surface area contributed by atoms with Crippen molar-refractivity contribution in [1.29, 1.82) is 0 Å². The number of nitrogens with one attached hydrogen (secondary N) is 2. The Bertz CT molecular complexity index is 884. The molecule has 1 aromatic heterocycles. The maximum absolute atomic E-state index is 12.4. The maximum atomic E-state index is 12.4. The van der Waals surface area contributed by atoms with Gasteiger partial charge in [-0.25, -0.2) is 0 Å². The van der Waals surface area contributed by atoms with Gasteiger partial charge in [0.2, 0.25) is 0 Å². The number of carbonyl (C=O) groups is 1. The van der Waals surface area contributed by atoms with E-state index >= 15 is 0 Å². The molecular formula is C19H18N2O2. The predicted molar refractivity (Wildman–Crippen MR) is 89.3 cm³/mol. The van der Waals surface area contributed by atoms with Crippen LogP contribution in [0.15, 0.2) is 54.7 Å². The number of aromatic amines is 1. The molecule has 3 N–H and O–H groups in total. The van der Waals surface area contributed by atoms with Gasteiger partial charge < -0.3 is 15.4 Å². The van der Waals surface area contributed by atoms with Gasteiger partial charge in [-0.1, -0.05) is 30.3 Å². The highest BCUT2D eigenvalue weighted by molar-refractivity contribution is 5.97. The molecule has 3 aromatic rings. The van der Waals surface area contributed by atoms with Crippen LogP contribution in [-0.2, 0) is 12.0 Å². The monoisotopic (exact) mass is 306 g/mol. The molecule has 2 aromatic carbocycles. The van der Waals surface area contributed by atoms with Gasteiger partial charge in [0.1, 0.15) is 5.60 Å². The van der Waals surface area contributed by atoms with Crippen molar-refractivity contribution in [2.45, 2.75) is 18.4 Å². The van der Waals surface area contributed by atoms with Crippen LogP contribution in [0, 0.1) is 0 Å². The van der Waals surface area contributed by atoms with Gasteiger partial charge in [-0.2, -0.15) is 0 Å². The lowest BCUT2D eigenvalue weighted by Crippen LogP contribution is -2.39. The lowest BCUT2D eigenvalue weighted by molar-refractivity contribution is 0.0369. The topological polar surface area (TPSA) is 65.1 Å². The molecule has 1 unspecified atom stereocenters. The Balaban J connectivity index is 1.51. The second-order valence-corrected chi connectivity index (χ2v) is 6.15. The normalized spacial score (nSPS) is 19.7. The van der Waals surface area contributed by atoms with E-state index in [1.54, 1.807) is 6.07 Å². The zero-order valence-electron chi connectivity index (χ0n) is 12.7. The molecule has 0 fully saturated rings. The van der Waals surface area contributed by atoms with E-state index in [1.807, 2.05) is 48.7 Å². The van der Waals surface area contributed by atoms with Gasteiger partial charge in [-0.05, 0) is 47.6 Å². The molecular weight excluding hydrogens is 288 g/mol. The summed E-state index contributed by atoms with van der Waals surface area (Å²) in [5, 5.41) is 14.8. The van der Waals surface area contributed by atoms with Gasteiger partial charge in [0.05, 0.1) is 6.54 Å². The SMILES string of the molecule is O=C(NCC1(O)CCc2ccccc21)c1ccc2cc[nH]c2c1. The zero-order chi connectivity index (χ0) is 15.9. The minimum atomic E-state index is -0.969. The van der Waals surface area contributed by atoms with Crippen molar-refractivity contribution in [2.24, 2.45) is 0 Å². The van der Waals surface area contributed by atoms with Crippen LogP contribution in [0.1, 0.15) is 27.9 Å². The number of aromatic nitrogens is 1. The first-order chi connectivity index (χ1) is 11.2. The standard InChI is InChI=1S/C19H18N2O2/c22-18(15-6-5-14-8-10-20-17(14)11-15)21-12-19(23)9-7-13-3-1-2-4-16(13)19/h1-6,8,10-11,20,23H,7,9,12H2,(H,21,22). The molecule has 4 heteroatoms. The van der Waals surface area contributed by atoms with Gasteiger partial charge in [0.15, 0.2) is 0 Å². The van der Waals surface area contributed by atoms with Crippen LogP contribution in [0.2, 0.25) is 0 Å². The molecule has 0 aliphatic heterocycles. The smallest absolute Gasteiger partial charge is 0.251 e. The lowest BCUT2D eigenvalue weighted by atomic mass is 9.96. The fourth-order valence-corrected chi connectivity index (χ4v) is 3.37. The third-order valence-electron chi connectivity index (χ3n) is 4.69. The van der Waals surface area contributed by atoms with E-state index in [0.717, 1.165) is 28.5 Å². The van der Waals surface area contributed by atoms with E-state index in [0.29, 0.717) is 12.0 Å². The minimum Gasteiger partial charge on any atom is -0.383 e. The van der Waals surface area contributed by atoms with Crippen LogP contribution >= 0.6 is 0 Å². The maximum Gasteiger partial charge on any atom is 0.251 e. The summed E-state index contributed by atoms with van der Waals surface area (Å²) in [5.74, 6) is -0.167. The molecule has 0 bridgehead atoms. The Kier molecular flexibility index (Phi) is 3.20. The Morgan fingerprint density at radius 1 is 1.22 bits per heavy atom. The molecule has 4 rings (SSSR count). The largest absolute Gasteiger partial charge is 0.383 e. The van der Waals surface area contributed by atoms with Crippen LogP contribution in [0.5, 0.6) is 0 Å². The first kappa shape index (κ1) is 14.0. The fourth-order valence-electron chi connectivity index (χ4n) is 3.37. The Morgan fingerprint density at radius 3 is 3.00 bits per heavy atom. The first-order valence-corrected chi connectivity index (χ1v) is 7.82. The second kappa shape index (κ2) is 5.25. The summed E-state index contributed by atoms with van der Waals surface area (Å²) in [6, 6.07) is 15.4. The summed E-state index contributed by atoms with van der Waals surface area (Å²) >= 11 is 0.